The number of aliphatic hydroxyl groups is 1. The Morgan fingerprint density at radius 1 is 1.42 bits per heavy atom. The van der Waals surface area contributed by atoms with Crippen LogP contribution in [0.1, 0.15) is 25.7 Å². The van der Waals surface area contributed by atoms with E-state index in [1.807, 2.05) is 0 Å². The number of nitro groups is 1. The molecular weight excluding hydrogens is 312 g/mol. The van der Waals surface area contributed by atoms with Crippen molar-refractivity contribution >= 4 is 27.3 Å². The Kier molecular flexibility index (Phi) is 4.76. The van der Waals surface area contributed by atoms with Crippen molar-refractivity contribution in [2.45, 2.75) is 31.7 Å². The summed E-state index contributed by atoms with van der Waals surface area (Å²) in [6.07, 6.45) is 4.64. The van der Waals surface area contributed by atoms with Gasteiger partial charge in [-0.15, -0.1) is 0 Å². The van der Waals surface area contributed by atoms with Gasteiger partial charge in [-0.05, 0) is 34.8 Å². The molecule has 1 aromatic rings. The van der Waals surface area contributed by atoms with Crippen LogP contribution in [0.25, 0.3) is 0 Å². The van der Waals surface area contributed by atoms with Crippen molar-refractivity contribution in [3.8, 4) is 0 Å². The molecule has 1 aliphatic rings. The molecule has 0 radical (unpaired) electrons. The zero-order chi connectivity index (χ0) is 13.8. The smallest absolute Gasteiger partial charge is 0.270 e. The monoisotopic (exact) mass is 328 g/mol. The van der Waals surface area contributed by atoms with Gasteiger partial charge in [-0.1, -0.05) is 12.8 Å². The molecule has 1 N–H and O–H groups in total. The van der Waals surface area contributed by atoms with Crippen LogP contribution < -0.4 is 4.90 Å². The number of hydrogen-bond acceptors (Lipinski definition) is 4. The minimum Gasteiger partial charge on any atom is -0.395 e. The van der Waals surface area contributed by atoms with Crippen LogP contribution in [0.5, 0.6) is 0 Å². The zero-order valence-electron chi connectivity index (χ0n) is 10.6. The van der Waals surface area contributed by atoms with E-state index in [4.69, 9.17) is 0 Å². The molecule has 0 spiro atoms. The number of nitrogens with zero attached hydrogens (tertiary/aromatic N) is 2. The molecule has 0 unspecified atom stereocenters. The van der Waals surface area contributed by atoms with Crippen LogP contribution in [-0.2, 0) is 0 Å². The van der Waals surface area contributed by atoms with Crippen LogP contribution in [0, 0.1) is 10.1 Å². The summed E-state index contributed by atoms with van der Waals surface area (Å²) in [5, 5.41) is 20.0. The third-order valence-electron chi connectivity index (χ3n) is 3.56. The Balaban J connectivity index is 2.28. The molecule has 5 nitrogen and oxygen atoms in total. The maximum atomic E-state index is 10.7. The maximum absolute atomic E-state index is 10.7. The average Bonchev–Trinajstić information content (AvgIpc) is 2.90. The van der Waals surface area contributed by atoms with E-state index in [1.54, 1.807) is 6.07 Å². The number of rotatable bonds is 5. The summed E-state index contributed by atoms with van der Waals surface area (Å²) in [6.45, 7) is 0.640. The SMILES string of the molecule is O=[N+]([O-])c1ccc(N(CCO)C2CCCC2)c(Br)c1. The second-order valence-corrected chi connectivity index (χ2v) is 5.60. The van der Waals surface area contributed by atoms with Crippen LogP contribution in [0.15, 0.2) is 22.7 Å². The van der Waals surface area contributed by atoms with Gasteiger partial charge in [-0.3, -0.25) is 10.1 Å². The molecule has 0 aromatic heterocycles. The minimum atomic E-state index is -0.402. The van der Waals surface area contributed by atoms with Crippen molar-refractivity contribution in [1.29, 1.82) is 0 Å². The first-order valence-electron chi connectivity index (χ1n) is 6.45. The highest BCUT2D eigenvalue weighted by Crippen LogP contribution is 2.34. The molecule has 0 heterocycles. The molecule has 0 saturated heterocycles. The van der Waals surface area contributed by atoms with Crippen molar-refractivity contribution in [3.63, 3.8) is 0 Å². The summed E-state index contributed by atoms with van der Waals surface area (Å²) < 4.78 is 0.710. The molecule has 1 saturated carbocycles. The van der Waals surface area contributed by atoms with Crippen molar-refractivity contribution in [2.75, 3.05) is 18.1 Å². The molecule has 0 atom stereocenters. The zero-order valence-corrected chi connectivity index (χ0v) is 12.2. The third-order valence-corrected chi connectivity index (χ3v) is 4.19. The summed E-state index contributed by atoms with van der Waals surface area (Å²) in [5.74, 6) is 0. The topological polar surface area (TPSA) is 66.6 Å². The first kappa shape index (κ1) is 14.3. The van der Waals surface area contributed by atoms with E-state index in [2.05, 4.69) is 20.8 Å². The quantitative estimate of drug-likeness (QED) is 0.666. The highest BCUT2D eigenvalue weighted by Gasteiger charge is 2.24. The van der Waals surface area contributed by atoms with Crippen LogP contribution in [0.3, 0.4) is 0 Å². The number of halogens is 1. The maximum Gasteiger partial charge on any atom is 0.270 e. The van der Waals surface area contributed by atoms with Crippen molar-refractivity contribution < 1.29 is 10.0 Å². The Bertz CT molecular complexity index is 461. The molecule has 1 aromatic carbocycles. The van der Waals surface area contributed by atoms with Gasteiger partial charge in [0, 0.05) is 29.2 Å². The second kappa shape index (κ2) is 6.34. The predicted molar refractivity (Wildman–Crippen MR) is 77.5 cm³/mol. The van der Waals surface area contributed by atoms with E-state index in [9.17, 15) is 15.2 Å². The second-order valence-electron chi connectivity index (χ2n) is 4.75. The number of nitro benzene ring substituents is 1. The lowest BCUT2D eigenvalue weighted by Gasteiger charge is -2.31. The van der Waals surface area contributed by atoms with Gasteiger partial charge in [0.2, 0.25) is 0 Å². The molecule has 2 rings (SSSR count). The Labute approximate surface area is 120 Å². The highest BCUT2D eigenvalue weighted by molar-refractivity contribution is 9.10. The lowest BCUT2D eigenvalue weighted by molar-refractivity contribution is -0.384. The van der Waals surface area contributed by atoms with Gasteiger partial charge >= 0.3 is 0 Å². The van der Waals surface area contributed by atoms with Crippen LogP contribution in [-0.4, -0.2) is 29.2 Å². The fraction of sp³-hybridized carbons (Fsp3) is 0.538. The van der Waals surface area contributed by atoms with Gasteiger partial charge in [0.15, 0.2) is 0 Å². The highest BCUT2D eigenvalue weighted by atomic mass is 79.9. The molecule has 6 heteroatoms. The van der Waals surface area contributed by atoms with Gasteiger partial charge in [0.25, 0.3) is 5.69 Å². The lowest BCUT2D eigenvalue weighted by atomic mass is 10.1. The number of benzene rings is 1. The summed E-state index contributed by atoms with van der Waals surface area (Å²) in [7, 11) is 0. The summed E-state index contributed by atoms with van der Waals surface area (Å²) in [6, 6.07) is 5.22. The lowest BCUT2D eigenvalue weighted by Crippen LogP contribution is -2.35. The minimum absolute atomic E-state index is 0.0750. The molecule has 0 amide bonds. The fourth-order valence-electron chi connectivity index (χ4n) is 2.67. The molecule has 0 aliphatic heterocycles. The Morgan fingerprint density at radius 3 is 2.63 bits per heavy atom. The molecule has 0 bridgehead atoms. The number of non-ortho nitro benzene ring substituents is 1. The summed E-state index contributed by atoms with van der Waals surface area (Å²) in [5.41, 5.74) is 0.998. The van der Waals surface area contributed by atoms with E-state index >= 15 is 0 Å². The van der Waals surface area contributed by atoms with E-state index in [-0.39, 0.29) is 12.3 Å². The van der Waals surface area contributed by atoms with Crippen LogP contribution in [0.4, 0.5) is 11.4 Å². The van der Waals surface area contributed by atoms with Crippen molar-refractivity contribution in [1.82, 2.24) is 0 Å². The van der Waals surface area contributed by atoms with Crippen molar-refractivity contribution in [3.05, 3.63) is 32.8 Å². The Hall–Kier alpha value is -1.14. The van der Waals surface area contributed by atoms with E-state index in [1.165, 1.54) is 25.0 Å². The standard InChI is InChI=1S/C13H17BrN2O3/c14-12-9-11(16(18)19)5-6-13(12)15(7-8-17)10-3-1-2-4-10/h5-6,9-10,17H,1-4,7-8H2. The Morgan fingerprint density at radius 2 is 2.11 bits per heavy atom. The van der Waals surface area contributed by atoms with Crippen molar-refractivity contribution in [2.24, 2.45) is 0 Å². The summed E-state index contributed by atoms with van der Waals surface area (Å²) in [4.78, 5) is 12.5. The number of aliphatic hydroxyl groups excluding tert-OH is 1. The van der Waals surface area contributed by atoms with Gasteiger partial charge in [-0.2, -0.15) is 0 Å². The van der Waals surface area contributed by atoms with Gasteiger partial charge in [0.05, 0.1) is 17.2 Å². The average molecular weight is 329 g/mol. The molecule has 104 valence electrons. The molecule has 19 heavy (non-hydrogen) atoms. The largest absolute Gasteiger partial charge is 0.395 e. The number of anilines is 1. The molecule has 1 aliphatic carbocycles. The van der Waals surface area contributed by atoms with E-state index in [0.717, 1.165) is 18.5 Å². The van der Waals surface area contributed by atoms with Gasteiger partial charge in [-0.25, -0.2) is 0 Å². The third kappa shape index (κ3) is 3.25. The van der Waals surface area contributed by atoms with Gasteiger partial charge < -0.3 is 10.0 Å². The summed E-state index contributed by atoms with van der Waals surface area (Å²) >= 11 is 3.41. The first-order valence-corrected chi connectivity index (χ1v) is 7.24. The van der Waals surface area contributed by atoms with Crippen LogP contribution >= 0.6 is 15.9 Å². The normalized spacial score (nSPS) is 15.7. The van der Waals surface area contributed by atoms with Crippen LogP contribution in [0.2, 0.25) is 0 Å². The van der Waals surface area contributed by atoms with E-state index < -0.39 is 4.92 Å². The first-order chi connectivity index (χ1) is 9.13. The van der Waals surface area contributed by atoms with E-state index in [0.29, 0.717) is 17.1 Å². The predicted octanol–water partition coefficient (Wildman–Crippen LogP) is 3.10. The van der Waals surface area contributed by atoms with Gasteiger partial charge in [0.1, 0.15) is 0 Å². The molecule has 1 fully saturated rings. The molecular formula is C13H17BrN2O3. The fourth-order valence-corrected chi connectivity index (χ4v) is 3.26. The number of hydrogen-bond donors (Lipinski definition) is 1.